The monoisotopic (exact) mass is 324 g/mol. The van der Waals surface area contributed by atoms with E-state index < -0.39 is 11.9 Å². The fourth-order valence-corrected chi connectivity index (χ4v) is 2.20. The lowest BCUT2D eigenvalue weighted by molar-refractivity contribution is 0.0686. The minimum Gasteiger partial charge on any atom is -0.478 e. The van der Waals surface area contributed by atoms with Gasteiger partial charge in [-0.15, -0.1) is 0 Å². The Labute approximate surface area is 134 Å². The van der Waals surface area contributed by atoms with Crippen molar-refractivity contribution in [1.82, 2.24) is 0 Å². The third-order valence-electron chi connectivity index (χ3n) is 3.14. The van der Waals surface area contributed by atoms with Crippen LogP contribution in [-0.2, 0) is 9.59 Å². The average molecular weight is 324 g/mol. The normalized spacial score (nSPS) is 9.50. The molecule has 0 atom stereocenters. The lowest BCUT2D eigenvalue weighted by atomic mass is 9.96. The van der Waals surface area contributed by atoms with Gasteiger partial charge in [-0.2, -0.15) is 9.98 Å². The Balaban J connectivity index is 2.92. The Kier molecular flexibility index (Phi) is 4.77. The van der Waals surface area contributed by atoms with E-state index in [-0.39, 0.29) is 33.6 Å². The number of aromatic carboxylic acids is 2. The molecule has 0 heterocycles. The molecule has 0 fully saturated rings. The summed E-state index contributed by atoms with van der Waals surface area (Å²) in [4.78, 5) is 50.7. The largest absolute Gasteiger partial charge is 0.478 e. The van der Waals surface area contributed by atoms with Gasteiger partial charge < -0.3 is 10.2 Å². The Morgan fingerprint density at radius 2 is 1.12 bits per heavy atom. The highest BCUT2D eigenvalue weighted by Crippen LogP contribution is 2.40. The van der Waals surface area contributed by atoms with Crippen LogP contribution in [0.15, 0.2) is 46.4 Å². The highest BCUT2D eigenvalue weighted by Gasteiger charge is 2.20. The number of nitrogens with zero attached hydrogens (tertiary/aromatic N) is 2. The molecule has 0 bridgehead atoms. The second kappa shape index (κ2) is 6.93. The molecule has 118 valence electrons. The summed E-state index contributed by atoms with van der Waals surface area (Å²) in [7, 11) is 0. The molecule has 2 N–H and O–H groups in total. The van der Waals surface area contributed by atoms with Crippen LogP contribution in [0.3, 0.4) is 0 Å². The molecule has 0 saturated heterocycles. The molecule has 2 aromatic carbocycles. The fraction of sp³-hybridized carbons (Fsp3) is 0. The first-order chi connectivity index (χ1) is 11.5. The van der Waals surface area contributed by atoms with Crippen molar-refractivity contribution in [2.24, 2.45) is 9.98 Å². The summed E-state index contributed by atoms with van der Waals surface area (Å²) in [6, 6.07) is 8.09. The highest BCUT2D eigenvalue weighted by atomic mass is 16.4. The third-order valence-corrected chi connectivity index (χ3v) is 3.14. The van der Waals surface area contributed by atoms with Gasteiger partial charge in [0.1, 0.15) is 0 Å². The Hall–Kier alpha value is -3.86. The van der Waals surface area contributed by atoms with E-state index in [0.29, 0.717) is 0 Å². The van der Waals surface area contributed by atoms with E-state index in [0.717, 1.165) is 0 Å². The second-order valence-electron chi connectivity index (χ2n) is 4.42. The number of carboxylic acid groups (broad SMARTS) is 2. The minimum atomic E-state index is -1.33. The van der Waals surface area contributed by atoms with Crippen molar-refractivity contribution < 1.29 is 29.4 Å². The molecule has 24 heavy (non-hydrogen) atoms. The van der Waals surface area contributed by atoms with Gasteiger partial charge in [0.05, 0.1) is 22.5 Å². The maximum atomic E-state index is 11.3. The van der Waals surface area contributed by atoms with Crippen molar-refractivity contribution in [2.75, 3.05) is 0 Å². The van der Waals surface area contributed by atoms with Crippen molar-refractivity contribution in [3.05, 3.63) is 47.5 Å². The maximum absolute atomic E-state index is 11.3. The van der Waals surface area contributed by atoms with Gasteiger partial charge in [0.25, 0.3) is 0 Å². The molecule has 0 saturated carbocycles. The van der Waals surface area contributed by atoms with Crippen molar-refractivity contribution in [3.8, 4) is 11.1 Å². The van der Waals surface area contributed by atoms with Gasteiger partial charge in [0.15, 0.2) is 0 Å². The molecule has 0 amide bonds. The Morgan fingerprint density at radius 1 is 0.750 bits per heavy atom. The summed E-state index contributed by atoms with van der Waals surface area (Å²) in [6.07, 6.45) is 2.53. The molecule has 8 nitrogen and oxygen atoms in total. The van der Waals surface area contributed by atoms with Crippen LogP contribution < -0.4 is 0 Å². The number of rotatable bonds is 5. The van der Waals surface area contributed by atoms with Gasteiger partial charge in [-0.1, -0.05) is 24.3 Å². The van der Waals surface area contributed by atoms with E-state index in [4.69, 9.17) is 0 Å². The number of benzene rings is 2. The fourth-order valence-electron chi connectivity index (χ4n) is 2.20. The van der Waals surface area contributed by atoms with E-state index in [1.807, 2.05) is 0 Å². The van der Waals surface area contributed by atoms with E-state index in [2.05, 4.69) is 9.98 Å². The van der Waals surface area contributed by atoms with Gasteiger partial charge in [-0.3, -0.25) is 0 Å². The SMILES string of the molecule is O=C=Nc1c(C(=O)O)cccc1-c1cccc(C(=O)O)c1N=C=O. The maximum Gasteiger partial charge on any atom is 0.337 e. The van der Waals surface area contributed by atoms with Gasteiger partial charge in [0.2, 0.25) is 12.2 Å². The molecule has 0 aliphatic rings. The van der Waals surface area contributed by atoms with Crippen LogP contribution in [0, 0.1) is 0 Å². The molecule has 0 radical (unpaired) electrons. The molecule has 0 aromatic heterocycles. The number of hydrogen-bond donors (Lipinski definition) is 2. The summed E-state index contributed by atoms with van der Waals surface area (Å²) >= 11 is 0. The topological polar surface area (TPSA) is 133 Å². The molecule has 2 rings (SSSR count). The molecule has 0 aliphatic carbocycles. The van der Waals surface area contributed by atoms with Gasteiger partial charge >= 0.3 is 11.9 Å². The number of carboxylic acids is 2. The van der Waals surface area contributed by atoms with Crippen LogP contribution in [-0.4, -0.2) is 34.3 Å². The first-order valence-corrected chi connectivity index (χ1v) is 6.40. The van der Waals surface area contributed by atoms with Crippen molar-refractivity contribution in [2.45, 2.75) is 0 Å². The zero-order valence-electron chi connectivity index (χ0n) is 11.9. The van der Waals surface area contributed by atoms with Crippen LogP contribution in [0.4, 0.5) is 11.4 Å². The molecular formula is C16H8N2O6. The first kappa shape index (κ1) is 16.5. The smallest absolute Gasteiger partial charge is 0.337 e. The lowest BCUT2D eigenvalue weighted by Crippen LogP contribution is -2.00. The van der Waals surface area contributed by atoms with Gasteiger partial charge in [-0.25, -0.2) is 19.2 Å². The molecular weight excluding hydrogens is 316 g/mol. The van der Waals surface area contributed by atoms with Crippen molar-refractivity contribution in [1.29, 1.82) is 0 Å². The number of carbonyl (C=O) groups is 2. The average Bonchev–Trinajstić information content (AvgIpc) is 2.55. The zero-order valence-corrected chi connectivity index (χ0v) is 11.9. The van der Waals surface area contributed by atoms with Gasteiger partial charge in [0, 0.05) is 11.1 Å². The van der Waals surface area contributed by atoms with Crippen molar-refractivity contribution >= 4 is 35.5 Å². The number of hydrogen-bond acceptors (Lipinski definition) is 6. The molecule has 0 spiro atoms. The number of isocyanates is 2. The zero-order chi connectivity index (χ0) is 17.7. The van der Waals surface area contributed by atoms with E-state index in [1.54, 1.807) is 0 Å². The lowest BCUT2D eigenvalue weighted by Gasteiger charge is -2.11. The second-order valence-corrected chi connectivity index (χ2v) is 4.42. The Morgan fingerprint density at radius 3 is 1.42 bits per heavy atom. The van der Waals surface area contributed by atoms with E-state index in [1.165, 1.54) is 48.6 Å². The number of aliphatic imine (C=N–C) groups is 2. The Bertz CT molecular complexity index is 860. The minimum absolute atomic E-state index is 0.121. The third kappa shape index (κ3) is 3.00. The van der Waals surface area contributed by atoms with Crippen LogP contribution in [0.5, 0.6) is 0 Å². The van der Waals surface area contributed by atoms with Gasteiger partial charge in [-0.05, 0) is 12.1 Å². The van der Waals surface area contributed by atoms with E-state index in [9.17, 15) is 29.4 Å². The van der Waals surface area contributed by atoms with E-state index >= 15 is 0 Å². The predicted octanol–water partition coefficient (Wildman–Crippen LogP) is 2.68. The quantitative estimate of drug-likeness (QED) is 0.641. The first-order valence-electron chi connectivity index (χ1n) is 6.40. The molecule has 0 unspecified atom stereocenters. The van der Waals surface area contributed by atoms with Crippen LogP contribution in [0.2, 0.25) is 0 Å². The summed E-state index contributed by atoms with van der Waals surface area (Å²) in [6.45, 7) is 0. The molecule has 8 heteroatoms. The van der Waals surface area contributed by atoms with Crippen LogP contribution >= 0.6 is 0 Å². The number of carbonyl (C=O) groups excluding carboxylic acids is 2. The van der Waals surface area contributed by atoms with Crippen LogP contribution in [0.1, 0.15) is 20.7 Å². The molecule has 2 aromatic rings. The van der Waals surface area contributed by atoms with Crippen LogP contribution in [0.25, 0.3) is 11.1 Å². The summed E-state index contributed by atoms with van der Waals surface area (Å²) in [5.41, 5.74) is -0.754. The number of para-hydroxylation sites is 2. The van der Waals surface area contributed by atoms with Crippen molar-refractivity contribution in [3.63, 3.8) is 0 Å². The highest BCUT2D eigenvalue weighted by molar-refractivity contribution is 6.03. The predicted molar refractivity (Wildman–Crippen MR) is 81.4 cm³/mol. The summed E-state index contributed by atoms with van der Waals surface area (Å²) in [5.74, 6) is -2.67. The molecule has 0 aliphatic heterocycles. The summed E-state index contributed by atoms with van der Waals surface area (Å²) < 4.78 is 0. The summed E-state index contributed by atoms with van der Waals surface area (Å²) in [5, 5.41) is 18.4. The standard InChI is InChI=1S/C16H8N2O6/c19-7-17-13-9(3-1-5-11(13)15(21)22)10-4-2-6-12(16(23)24)14(10)18-8-20/h1-6H,(H,21,22)(H,23,24).